The van der Waals surface area contributed by atoms with E-state index in [1.807, 2.05) is 18.2 Å². The molecule has 0 N–H and O–H groups in total. The van der Waals surface area contributed by atoms with Crippen LogP contribution in [-0.4, -0.2) is 22.6 Å². The van der Waals surface area contributed by atoms with Crippen molar-refractivity contribution in [1.29, 1.82) is 0 Å². The van der Waals surface area contributed by atoms with Gasteiger partial charge in [0.1, 0.15) is 5.82 Å². The summed E-state index contributed by atoms with van der Waals surface area (Å²) in [6.45, 7) is 4.81. The van der Waals surface area contributed by atoms with Gasteiger partial charge in [-0.1, -0.05) is 36.2 Å². The Kier molecular flexibility index (Phi) is 4.34. The van der Waals surface area contributed by atoms with Gasteiger partial charge in [-0.3, -0.25) is 0 Å². The fourth-order valence-corrected chi connectivity index (χ4v) is 3.66. The first kappa shape index (κ1) is 16.7. The fourth-order valence-electron chi connectivity index (χ4n) is 3.29. The largest absolute Gasteiger partial charge is 0.342 e. The number of halogens is 3. The molecule has 130 valence electrons. The van der Waals surface area contributed by atoms with Gasteiger partial charge in [0.15, 0.2) is 0 Å². The minimum absolute atomic E-state index is 0.136. The highest BCUT2D eigenvalue weighted by atomic mass is 35.5. The molecule has 2 heterocycles. The zero-order valence-electron chi connectivity index (χ0n) is 13.8. The van der Waals surface area contributed by atoms with Crippen molar-refractivity contribution in [2.75, 3.05) is 18.0 Å². The Hall–Kier alpha value is -1.78. The minimum atomic E-state index is -0.405. The minimum Gasteiger partial charge on any atom is -0.342 e. The number of hydrogen-bond donors (Lipinski definition) is 0. The first-order chi connectivity index (χ1) is 12.0. The number of fused-ring (bicyclic) bond motifs is 1. The summed E-state index contributed by atoms with van der Waals surface area (Å²) in [5.74, 6) is 1.25. The van der Waals surface area contributed by atoms with Gasteiger partial charge in [-0.2, -0.15) is 0 Å². The van der Waals surface area contributed by atoms with Gasteiger partial charge in [-0.25, -0.2) is 9.37 Å². The predicted molar refractivity (Wildman–Crippen MR) is 101 cm³/mol. The maximum Gasteiger partial charge on any atom is 0.206 e. The first-order valence-corrected chi connectivity index (χ1v) is 9.15. The normalized spacial score (nSPS) is 15.0. The highest BCUT2D eigenvalue weighted by molar-refractivity contribution is 6.31. The SMILES string of the molecule is CCC1CN(c2nc3ccc(Cl)cc3n2Cc2ccc(F)c(Cl)c2)C1. The van der Waals surface area contributed by atoms with Gasteiger partial charge in [-0.15, -0.1) is 0 Å². The second-order valence-electron chi connectivity index (χ2n) is 6.56. The highest BCUT2D eigenvalue weighted by Crippen LogP contribution is 2.31. The number of benzene rings is 2. The summed E-state index contributed by atoms with van der Waals surface area (Å²) >= 11 is 12.1. The van der Waals surface area contributed by atoms with E-state index in [1.165, 1.54) is 12.5 Å². The van der Waals surface area contributed by atoms with Crippen LogP contribution in [0.25, 0.3) is 11.0 Å². The maximum atomic E-state index is 13.5. The van der Waals surface area contributed by atoms with Crippen molar-refractivity contribution >= 4 is 40.2 Å². The summed E-state index contributed by atoms with van der Waals surface area (Å²) in [4.78, 5) is 7.09. The molecule has 1 aliphatic rings. The van der Waals surface area contributed by atoms with Gasteiger partial charge in [0, 0.05) is 18.1 Å². The standard InChI is InChI=1S/C19H18Cl2FN3/c1-2-12-9-24(10-12)19-23-17-6-4-14(20)8-18(17)25(19)11-13-3-5-16(22)15(21)7-13/h3-8,12H,2,9-11H2,1H3. The number of imidazole rings is 1. The first-order valence-electron chi connectivity index (χ1n) is 8.40. The number of rotatable bonds is 4. The van der Waals surface area contributed by atoms with Crippen LogP contribution >= 0.6 is 23.2 Å². The molecule has 6 heteroatoms. The third kappa shape index (κ3) is 3.09. The molecule has 25 heavy (non-hydrogen) atoms. The molecule has 0 amide bonds. The van der Waals surface area contributed by atoms with Crippen LogP contribution in [0.4, 0.5) is 10.3 Å². The molecule has 1 saturated heterocycles. The molecule has 0 saturated carbocycles. The molecular formula is C19H18Cl2FN3. The summed E-state index contributed by atoms with van der Waals surface area (Å²) in [5, 5.41) is 0.809. The summed E-state index contributed by atoms with van der Waals surface area (Å²) in [6.07, 6.45) is 1.18. The van der Waals surface area contributed by atoms with E-state index in [0.29, 0.717) is 11.6 Å². The predicted octanol–water partition coefficient (Wildman–Crippen LogP) is 5.38. The van der Waals surface area contributed by atoms with Crippen LogP contribution in [-0.2, 0) is 6.54 Å². The van der Waals surface area contributed by atoms with E-state index in [9.17, 15) is 4.39 Å². The van der Waals surface area contributed by atoms with E-state index in [0.717, 1.165) is 41.6 Å². The molecule has 2 aromatic carbocycles. The average molecular weight is 378 g/mol. The van der Waals surface area contributed by atoms with Crippen LogP contribution in [0.15, 0.2) is 36.4 Å². The Balaban J connectivity index is 1.76. The molecule has 3 nitrogen and oxygen atoms in total. The molecule has 4 rings (SSSR count). The molecule has 0 atom stereocenters. The van der Waals surface area contributed by atoms with Crippen LogP contribution < -0.4 is 4.90 Å². The lowest BCUT2D eigenvalue weighted by molar-refractivity contribution is 0.389. The van der Waals surface area contributed by atoms with Crippen molar-refractivity contribution in [3.63, 3.8) is 0 Å². The van der Waals surface area contributed by atoms with Crippen molar-refractivity contribution in [2.45, 2.75) is 19.9 Å². The lowest BCUT2D eigenvalue weighted by Crippen LogP contribution is -2.47. The van der Waals surface area contributed by atoms with Gasteiger partial charge in [0.25, 0.3) is 0 Å². The number of hydrogen-bond acceptors (Lipinski definition) is 2. The Morgan fingerprint density at radius 3 is 2.68 bits per heavy atom. The van der Waals surface area contributed by atoms with Crippen molar-refractivity contribution in [3.8, 4) is 0 Å². The molecule has 0 bridgehead atoms. The quantitative estimate of drug-likeness (QED) is 0.608. The Bertz CT molecular complexity index is 932. The number of anilines is 1. The summed E-state index contributed by atoms with van der Waals surface area (Å²) in [5.41, 5.74) is 2.81. The molecule has 0 radical (unpaired) electrons. The smallest absolute Gasteiger partial charge is 0.206 e. The number of aromatic nitrogens is 2. The second kappa shape index (κ2) is 6.50. The lowest BCUT2D eigenvalue weighted by atomic mass is 9.98. The molecule has 0 aliphatic carbocycles. The summed E-state index contributed by atoms with van der Waals surface area (Å²) < 4.78 is 15.6. The van der Waals surface area contributed by atoms with Gasteiger partial charge in [0.05, 0.1) is 22.6 Å². The molecule has 0 spiro atoms. The van der Waals surface area contributed by atoms with Crippen molar-refractivity contribution in [2.24, 2.45) is 5.92 Å². The van der Waals surface area contributed by atoms with E-state index in [2.05, 4.69) is 16.4 Å². The summed E-state index contributed by atoms with van der Waals surface area (Å²) in [6, 6.07) is 10.5. The lowest BCUT2D eigenvalue weighted by Gasteiger charge is -2.39. The zero-order chi connectivity index (χ0) is 17.6. The molecule has 1 aliphatic heterocycles. The molecule has 1 fully saturated rings. The maximum absolute atomic E-state index is 13.5. The van der Waals surface area contributed by atoms with E-state index in [4.69, 9.17) is 28.2 Å². The zero-order valence-corrected chi connectivity index (χ0v) is 15.4. The Morgan fingerprint density at radius 1 is 1.16 bits per heavy atom. The van der Waals surface area contributed by atoms with Gasteiger partial charge in [-0.05, 0) is 48.2 Å². The molecular weight excluding hydrogens is 360 g/mol. The molecule has 3 aromatic rings. The summed E-state index contributed by atoms with van der Waals surface area (Å²) in [7, 11) is 0. The van der Waals surface area contributed by atoms with E-state index < -0.39 is 5.82 Å². The van der Waals surface area contributed by atoms with Crippen LogP contribution in [0.3, 0.4) is 0 Å². The van der Waals surface area contributed by atoms with Crippen molar-refractivity contribution in [3.05, 3.63) is 57.8 Å². The van der Waals surface area contributed by atoms with E-state index in [1.54, 1.807) is 12.1 Å². The van der Waals surface area contributed by atoms with Crippen LogP contribution in [0.5, 0.6) is 0 Å². The average Bonchev–Trinajstić information content (AvgIpc) is 2.88. The Morgan fingerprint density at radius 2 is 1.96 bits per heavy atom. The second-order valence-corrected chi connectivity index (χ2v) is 7.40. The van der Waals surface area contributed by atoms with Gasteiger partial charge in [0.2, 0.25) is 5.95 Å². The third-order valence-electron chi connectivity index (χ3n) is 4.83. The van der Waals surface area contributed by atoms with E-state index in [-0.39, 0.29) is 5.02 Å². The fraction of sp³-hybridized carbons (Fsp3) is 0.316. The third-order valence-corrected chi connectivity index (χ3v) is 5.36. The number of nitrogens with zero attached hydrogens (tertiary/aromatic N) is 3. The van der Waals surface area contributed by atoms with Crippen LogP contribution in [0.2, 0.25) is 10.0 Å². The van der Waals surface area contributed by atoms with Gasteiger partial charge >= 0.3 is 0 Å². The topological polar surface area (TPSA) is 21.1 Å². The van der Waals surface area contributed by atoms with Crippen LogP contribution in [0, 0.1) is 11.7 Å². The molecule has 1 aromatic heterocycles. The Labute approximate surface area is 156 Å². The monoisotopic (exact) mass is 377 g/mol. The van der Waals surface area contributed by atoms with Crippen LogP contribution in [0.1, 0.15) is 18.9 Å². The van der Waals surface area contributed by atoms with Gasteiger partial charge < -0.3 is 9.47 Å². The van der Waals surface area contributed by atoms with Crippen molar-refractivity contribution < 1.29 is 4.39 Å². The highest BCUT2D eigenvalue weighted by Gasteiger charge is 2.29. The van der Waals surface area contributed by atoms with E-state index >= 15 is 0 Å². The molecule has 0 unspecified atom stereocenters. The van der Waals surface area contributed by atoms with Crippen molar-refractivity contribution in [1.82, 2.24) is 9.55 Å².